The molecule has 2 N–H and O–H groups in total. The van der Waals surface area contributed by atoms with Crippen molar-refractivity contribution in [3.63, 3.8) is 0 Å². The number of nitrogens with zero attached hydrogens (tertiary/aromatic N) is 2. The van der Waals surface area contributed by atoms with Gasteiger partial charge in [-0.1, -0.05) is 11.8 Å². The fourth-order valence-corrected chi connectivity index (χ4v) is 1.82. The molecule has 1 aromatic heterocycles. The Morgan fingerprint density at radius 1 is 1.40 bits per heavy atom. The predicted molar refractivity (Wildman–Crippen MR) is 65.0 cm³/mol. The molecule has 6 nitrogen and oxygen atoms in total. The minimum atomic E-state index is -4.53. The molecule has 0 unspecified atom stereocenters. The van der Waals surface area contributed by atoms with Crippen molar-refractivity contribution < 1.29 is 22.8 Å². The number of amides is 3. The zero-order valence-electron chi connectivity index (χ0n) is 10.3. The summed E-state index contributed by atoms with van der Waals surface area (Å²) in [6.45, 7) is 0. The summed E-state index contributed by atoms with van der Waals surface area (Å²) < 4.78 is 37.2. The van der Waals surface area contributed by atoms with Crippen LogP contribution in [-0.2, 0) is 11.0 Å². The lowest BCUT2D eigenvalue weighted by atomic mass is 10.4. The quantitative estimate of drug-likeness (QED) is 0.649. The van der Waals surface area contributed by atoms with Gasteiger partial charge in [-0.15, -0.1) is 0 Å². The molecule has 3 amide bonds. The van der Waals surface area contributed by atoms with E-state index < -0.39 is 23.8 Å². The predicted octanol–water partition coefficient (Wildman–Crippen LogP) is 1.43. The van der Waals surface area contributed by atoms with Crippen molar-refractivity contribution in [3.8, 4) is 0 Å². The Morgan fingerprint density at radius 2 is 2.10 bits per heavy atom. The minimum Gasteiger partial charge on any atom is -0.341 e. The number of imide groups is 1. The number of thioether (sulfide) groups is 1. The van der Waals surface area contributed by atoms with Crippen molar-refractivity contribution >= 4 is 23.7 Å². The number of hydrogen-bond donors (Lipinski definition) is 2. The first-order chi connectivity index (χ1) is 9.32. The Balaban J connectivity index is 2.47. The van der Waals surface area contributed by atoms with Crippen LogP contribution in [0.4, 0.5) is 18.0 Å². The van der Waals surface area contributed by atoms with E-state index in [0.29, 0.717) is 0 Å². The molecule has 0 bridgehead atoms. The maximum atomic E-state index is 12.4. The monoisotopic (exact) mass is 308 g/mol. The Kier molecular flexibility index (Phi) is 5.74. The normalized spacial score (nSPS) is 11.0. The largest absolute Gasteiger partial charge is 0.433 e. The molecular weight excluding hydrogens is 297 g/mol. The van der Waals surface area contributed by atoms with Crippen molar-refractivity contribution in [1.82, 2.24) is 20.6 Å². The van der Waals surface area contributed by atoms with Crippen molar-refractivity contribution in [1.29, 1.82) is 0 Å². The fraction of sp³-hybridized carbons (Fsp3) is 0.400. The summed E-state index contributed by atoms with van der Waals surface area (Å²) in [5.74, 6) is -0.381. The summed E-state index contributed by atoms with van der Waals surface area (Å²) in [4.78, 5) is 29.0. The Morgan fingerprint density at radius 3 is 2.70 bits per heavy atom. The van der Waals surface area contributed by atoms with Crippen LogP contribution in [0.25, 0.3) is 0 Å². The maximum absolute atomic E-state index is 12.4. The molecule has 0 fully saturated rings. The van der Waals surface area contributed by atoms with Crippen LogP contribution in [-0.4, -0.2) is 34.7 Å². The Labute approximate surface area is 116 Å². The third-order valence-corrected chi connectivity index (χ3v) is 2.83. The molecule has 0 aliphatic heterocycles. The van der Waals surface area contributed by atoms with E-state index in [1.165, 1.54) is 7.05 Å². The molecule has 0 saturated carbocycles. The molecule has 110 valence electrons. The lowest BCUT2D eigenvalue weighted by Crippen LogP contribution is -2.37. The molecule has 1 aromatic rings. The molecule has 0 atom stereocenters. The number of halogens is 3. The van der Waals surface area contributed by atoms with Crippen molar-refractivity contribution in [2.24, 2.45) is 0 Å². The van der Waals surface area contributed by atoms with Crippen molar-refractivity contribution in [2.45, 2.75) is 17.8 Å². The number of rotatable bonds is 4. The van der Waals surface area contributed by atoms with Crippen molar-refractivity contribution in [2.75, 3.05) is 12.8 Å². The van der Waals surface area contributed by atoms with Crippen LogP contribution in [0.1, 0.15) is 12.1 Å². The van der Waals surface area contributed by atoms with E-state index in [9.17, 15) is 22.8 Å². The average Bonchev–Trinajstić information content (AvgIpc) is 2.38. The lowest BCUT2D eigenvalue weighted by molar-refractivity contribution is -0.141. The van der Waals surface area contributed by atoms with Gasteiger partial charge in [-0.3, -0.25) is 10.1 Å². The summed E-state index contributed by atoms with van der Waals surface area (Å²) in [7, 11) is 1.35. The number of hydrogen-bond acceptors (Lipinski definition) is 5. The number of carbonyl (C=O) groups excluding carboxylic acids is 2. The van der Waals surface area contributed by atoms with Gasteiger partial charge in [0.15, 0.2) is 5.16 Å². The number of urea groups is 1. The minimum absolute atomic E-state index is 0.0440. The first kappa shape index (κ1) is 16.2. The van der Waals surface area contributed by atoms with Gasteiger partial charge in [0.05, 0.1) is 0 Å². The highest BCUT2D eigenvalue weighted by molar-refractivity contribution is 7.99. The zero-order chi connectivity index (χ0) is 15.2. The lowest BCUT2D eigenvalue weighted by Gasteiger charge is -2.06. The highest BCUT2D eigenvalue weighted by atomic mass is 32.2. The highest BCUT2D eigenvalue weighted by Gasteiger charge is 2.32. The van der Waals surface area contributed by atoms with E-state index in [2.05, 4.69) is 15.3 Å². The van der Waals surface area contributed by atoms with Gasteiger partial charge in [-0.05, 0) is 6.07 Å². The van der Waals surface area contributed by atoms with E-state index in [1.807, 2.05) is 5.32 Å². The number of aromatic nitrogens is 2. The number of carbonyl (C=O) groups is 2. The Hall–Kier alpha value is -1.84. The van der Waals surface area contributed by atoms with E-state index in [0.717, 1.165) is 24.0 Å². The van der Waals surface area contributed by atoms with Crippen LogP contribution < -0.4 is 10.6 Å². The first-order valence-corrected chi connectivity index (χ1v) is 6.36. The molecule has 0 aliphatic carbocycles. The molecule has 0 spiro atoms. The van der Waals surface area contributed by atoms with Crippen LogP contribution in [0.5, 0.6) is 0 Å². The van der Waals surface area contributed by atoms with Crippen molar-refractivity contribution in [3.05, 3.63) is 18.0 Å². The van der Waals surface area contributed by atoms with Crippen LogP contribution in [0.3, 0.4) is 0 Å². The van der Waals surface area contributed by atoms with Gasteiger partial charge in [0.25, 0.3) is 0 Å². The van der Waals surface area contributed by atoms with Gasteiger partial charge in [-0.2, -0.15) is 13.2 Å². The maximum Gasteiger partial charge on any atom is 0.433 e. The molecule has 20 heavy (non-hydrogen) atoms. The first-order valence-electron chi connectivity index (χ1n) is 5.37. The van der Waals surface area contributed by atoms with Crippen LogP contribution >= 0.6 is 11.8 Å². The molecule has 0 aliphatic rings. The molecule has 0 saturated heterocycles. The zero-order valence-corrected chi connectivity index (χ0v) is 11.1. The summed E-state index contributed by atoms with van der Waals surface area (Å²) >= 11 is 0.899. The van der Waals surface area contributed by atoms with E-state index in [4.69, 9.17) is 0 Å². The standard InChI is InChI=1S/C10H11F3N4O2S/c1-14-8(19)17-7(18)3-5-20-9-15-4-2-6(16-9)10(11,12)13/h2,4H,3,5H2,1H3,(H2,14,17,18,19). The van der Waals surface area contributed by atoms with Crippen LogP contribution in [0.2, 0.25) is 0 Å². The van der Waals surface area contributed by atoms with E-state index in [1.54, 1.807) is 0 Å². The average molecular weight is 308 g/mol. The smallest absolute Gasteiger partial charge is 0.341 e. The second-order valence-electron chi connectivity index (χ2n) is 3.45. The van der Waals surface area contributed by atoms with E-state index in [-0.39, 0.29) is 17.3 Å². The number of alkyl halides is 3. The molecule has 1 heterocycles. The number of nitrogens with one attached hydrogen (secondary N) is 2. The van der Waals surface area contributed by atoms with Crippen LogP contribution in [0, 0.1) is 0 Å². The Bertz CT molecular complexity index is 496. The topological polar surface area (TPSA) is 84.0 Å². The molecule has 1 rings (SSSR count). The summed E-state index contributed by atoms with van der Waals surface area (Å²) in [5, 5.41) is 4.15. The van der Waals surface area contributed by atoms with Gasteiger partial charge >= 0.3 is 12.2 Å². The third kappa shape index (κ3) is 5.43. The summed E-state index contributed by atoms with van der Waals surface area (Å²) in [5.41, 5.74) is -1.04. The van der Waals surface area contributed by atoms with Gasteiger partial charge in [0, 0.05) is 25.4 Å². The molecule has 0 aromatic carbocycles. The highest BCUT2D eigenvalue weighted by Crippen LogP contribution is 2.28. The molecule has 10 heteroatoms. The van der Waals surface area contributed by atoms with Gasteiger partial charge in [0.1, 0.15) is 5.69 Å². The third-order valence-electron chi connectivity index (χ3n) is 1.96. The summed E-state index contributed by atoms with van der Waals surface area (Å²) in [6.07, 6.45) is -3.57. The molecule has 0 radical (unpaired) electrons. The second kappa shape index (κ2) is 7.08. The van der Waals surface area contributed by atoms with Gasteiger partial charge in [-0.25, -0.2) is 14.8 Å². The van der Waals surface area contributed by atoms with Crippen LogP contribution in [0.15, 0.2) is 17.4 Å². The molecular formula is C10H11F3N4O2S. The van der Waals surface area contributed by atoms with Gasteiger partial charge in [0.2, 0.25) is 5.91 Å². The van der Waals surface area contributed by atoms with E-state index >= 15 is 0 Å². The SMILES string of the molecule is CNC(=O)NC(=O)CCSc1nccc(C(F)(F)F)n1. The fourth-order valence-electron chi connectivity index (χ4n) is 1.05. The second-order valence-corrected chi connectivity index (χ2v) is 4.51. The summed E-state index contributed by atoms with van der Waals surface area (Å²) in [6, 6.07) is 0.123. The van der Waals surface area contributed by atoms with Gasteiger partial charge < -0.3 is 5.32 Å².